The lowest BCUT2D eigenvalue weighted by Gasteiger charge is -2.15. The number of benzene rings is 2. The quantitative estimate of drug-likeness (QED) is 0.717. The van der Waals surface area contributed by atoms with Gasteiger partial charge in [0, 0.05) is 25.0 Å². The smallest absolute Gasteiger partial charge is 0.227 e. The molecule has 0 bridgehead atoms. The molecule has 5 heteroatoms. The summed E-state index contributed by atoms with van der Waals surface area (Å²) in [5.74, 6) is 2.45. The van der Waals surface area contributed by atoms with Crippen molar-refractivity contribution in [1.82, 2.24) is 9.97 Å². The highest BCUT2D eigenvalue weighted by Crippen LogP contribution is 2.22. The van der Waals surface area contributed by atoms with Gasteiger partial charge in [0.05, 0.1) is 0 Å². The van der Waals surface area contributed by atoms with Gasteiger partial charge in [-0.2, -0.15) is 4.98 Å². The summed E-state index contributed by atoms with van der Waals surface area (Å²) in [5, 5.41) is 3.34. The average Bonchev–Trinajstić information content (AvgIpc) is 3.23. The van der Waals surface area contributed by atoms with E-state index >= 15 is 0 Å². The molecular formula is C21H22N4O. The predicted molar refractivity (Wildman–Crippen MR) is 104 cm³/mol. The monoisotopic (exact) mass is 346 g/mol. The summed E-state index contributed by atoms with van der Waals surface area (Å²) in [6.45, 7) is 2.65. The van der Waals surface area contributed by atoms with E-state index in [2.05, 4.69) is 32.3 Å². The third kappa shape index (κ3) is 4.11. The molecule has 0 amide bonds. The number of nitrogens with one attached hydrogen (secondary N) is 1. The maximum Gasteiger partial charge on any atom is 0.227 e. The number of ether oxygens (including phenoxy) is 1. The van der Waals surface area contributed by atoms with E-state index in [0.717, 1.165) is 41.9 Å². The second-order valence-corrected chi connectivity index (χ2v) is 6.36. The van der Waals surface area contributed by atoms with E-state index in [4.69, 9.17) is 4.74 Å². The summed E-state index contributed by atoms with van der Waals surface area (Å²) < 4.78 is 5.82. The standard InChI is InChI=1S/C21H22N4O/c1-2-6-17(7-3-1)16-26-19-10-8-18(9-11-19)23-20-12-13-22-21(24-20)25-14-4-5-15-25/h1-3,6-13H,4-5,14-16H2,(H,22,23,24). The van der Waals surface area contributed by atoms with Crippen molar-refractivity contribution in [2.75, 3.05) is 23.3 Å². The summed E-state index contributed by atoms with van der Waals surface area (Å²) >= 11 is 0. The summed E-state index contributed by atoms with van der Waals surface area (Å²) in [6, 6.07) is 20.0. The molecule has 132 valence electrons. The molecule has 1 aliphatic heterocycles. The van der Waals surface area contributed by atoms with Crippen molar-refractivity contribution in [2.45, 2.75) is 19.4 Å². The van der Waals surface area contributed by atoms with Crippen LogP contribution in [0.1, 0.15) is 18.4 Å². The van der Waals surface area contributed by atoms with Gasteiger partial charge in [0.25, 0.3) is 0 Å². The second-order valence-electron chi connectivity index (χ2n) is 6.36. The summed E-state index contributed by atoms with van der Waals surface area (Å²) in [4.78, 5) is 11.2. The third-order valence-corrected chi connectivity index (χ3v) is 4.41. The molecule has 26 heavy (non-hydrogen) atoms. The van der Waals surface area contributed by atoms with E-state index < -0.39 is 0 Å². The molecule has 2 heterocycles. The first-order valence-electron chi connectivity index (χ1n) is 8.99. The van der Waals surface area contributed by atoms with Crippen LogP contribution in [0.25, 0.3) is 0 Å². The number of rotatable bonds is 6. The van der Waals surface area contributed by atoms with Crippen LogP contribution in [-0.2, 0) is 6.61 Å². The minimum Gasteiger partial charge on any atom is -0.489 e. The number of nitrogens with zero attached hydrogens (tertiary/aromatic N) is 3. The maximum absolute atomic E-state index is 5.82. The summed E-state index contributed by atoms with van der Waals surface area (Å²) in [6.07, 6.45) is 4.23. The zero-order valence-electron chi connectivity index (χ0n) is 14.6. The number of anilines is 3. The van der Waals surface area contributed by atoms with Crippen LogP contribution in [0.4, 0.5) is 17.5 Å². The number of aromatic nitrogens is 2. The predicted octanol–water partition coefficient (Wildman–Crippen LogP) is 4.40. The van der Waals surface area contributed by atoms with Crippen LogP contribution < -0.4 is 15.0 Å². The second kappa shape index (κ2) is 7.87. The lowest BCUT2D eigenvalue weighted by atomic mass is 10.2. The largest absolute Gasteiger partial charge is 0.489 e. The first kappa shape index (κ1) is 16.4. The highest BCUT2D eigenvalue weighted by molar-refractivity contribution is 5.58. The molecule has 4 rings (SSSR count). The lowest BCUT2D eigenvalue weighted by molar-refractivity contribution is 0.306. The maximum atomic E-state index is 5.82. The van der Waals surface area contributed by atoms with E-state index in [1.165, 1.54) is 12.8 Å². The van der Waals surface area contributed by atoms with Crippen LogP contribution in [0.2, 0.25) is 0 Å². The zero-order chi connectivity index (χ0) is 17.6. The SMILES string of the molecule is c1ccc(COc2ccc(Nc3ccnc(N4CCCC4)n3)cc2)cc1. The Morgan fingerprint density at radius 3 is 2.46 bits per heavy atom. The van der Waals surface area contributed by atoms with Crippen LogP contribution in [0.5, 0.6) is 5.75 Å². The molecule has 0 saturated carbocycles. The van der Waals surface area contributed by atoms with Gasteiger partial charge < -0.3 is 15.0 Å². The van der Waals surface area contributed by atoms with Crippen LogP contribution in [0.15, 0.2) is 66.9 Å². The summed E-state index contributed by atoms with van der Waals surface area (Å²) in [5.41, 5.74) is 2.13. The molecule has 0 spiro atoms. The molecule has 2 aromatic carbocycles. The van der Waals surface area contributed by atoms with Gasteiger partial charge in [-0.25, -0.2) is 4.98 Å². The normalized spacial score (nSPS) is 13.6. The molecule has 1 saturated heterocycles. The van der Waals surface area contributed by atoms with Crippen molar-refractivity contribution in [2.24, 2.45) is 0 Å². The molecule has 0 atom stereocenters. The van der Waals surface area contributed by atoms with Crippen LogP contribution in [0, 0.1) is 0 Å². The van der Waals surface area contributed by atoms with Gasteiger partial charge in [-0.1, -0.05) is 30.3 Å². The third-order valence-electron chi connectivity index (χ3n) is 4.41. The van der Waals surface area contributed by atoms with Gasteiger partial charge in [-0.15, -0.1) is 0 Å². The van der Waals surface area contributed by atoms with Gasteiger partial charge in [-0.3, -0.25) is 0 Å². The minimum absolute atomic E-state index is 0.568. The van der Waals surface area contributed by atoms with Gasteiger partial charge in [-0.05, 0) is 48.7 Å². The fourth-order valence-electron chi connectivity index (χ4n) is 3.01. The molecule has 5 nitrogen and oxygen atoms in total. The van der Waals surface area contributed by atoms with Gasteiger partial charge in [0.1, 0.15) is 18.2 Å². The molecule has 1 aliphatic rings. The van der Waals surface area contributed by atoms with Crippen LogP contribution in [-0.4, -0.2) is 23.1 Å². The molecule has 1 fully saturated rings. The van der Waals surface area contributed by atoms with Crippen molar-refractivity contribution >= 4 is 17.5 Å². The number of hydrogen-bond acceptors (Lipinski definition) is 5. The van der Waals surface area contributed by atoms with Crippen LogP contribution >= 0.6 is 0 Å². The Balaban J connectivity index is 1.37. The molecule has 1 aromatic heterocycles. The average molecular weight is 346 g/mol. The summed E-state index contributed by atoms with van der Waals surface area (Å²) in [7, 11) is 0. The molecule has 0 radical (unpaired) electrons. The first-order valence-corrected chi connectivity index (χ1v) is 8.99. The Morgan fingerprint density at radius 2 is 1.69 bits per heavy atom. The van der Waals surface area contributed by atoms with E-state index in [1.807, 2.05) is 48.5 Å². The van der Waals surface area contributed by atoms with E-state index in [-0.39, 0.29) is 0 Å². The molecule has 1 N–H and O–H groups in total. The van der Waals surface area contributed by atoms with Gasteiger partial charge in [0.15, 0.2) is 0 Å². The van der Waals surface area contributed by atoms with Crippen molar-refractivity contribution in [3.05, 3.63) is 72.4 Å². The van der Waals surface area contributed by atoms with Gasteiger partial charge >= 0.3 is 0 Å². The van der Waals surface area contributed by atoms with Crippen molar-refractivity contribution in [3.63, 3.8) is 0 Å². The lowest BCUT2D eigenvalue weighted by Crippen LogP contribution is -2.20. The highest BCUT2D eigenvalue weighted by Gasteiger charge is 2.14. The zero-order valence-corrected chi connectivity index (χ0v) is 14.6. The topological polar surface area (TPSA) is 50.3 Å². The fourth-order valence-corrected chi connectivity index (χ4v) is 3.01. The molecule has 0 unspecified atom stereocenters. The van der Waals surface area contributed by atoms with Gasteiger partial charge in [0.2, 0.25) is 5.95 Å². The Hall–Kier alpha value is -3.08. The molecular weight excluding hydrogens is 324 g/mol. The molecule has 3 aromatic rings. The first-order chi connectivity index (χ1) is 12.9. The minimum atomic E-state index is 0.568. The van der Waals surface area contributed by atoms with Crippen molar-refractivity contribution in [1.29, 1.82) is 0 Å². The van der Waals surface area contributed by atoms with Crippen LogP contribution in [0.3, 0.4) is 0 Å². The Morgan fingerprint density at radius 1 is 0.923 bits per heavy atom. The van der Waals surface area contributed by atoms with E-state index in [1.54, 1.807) is 6.20 Å². The molecule has 0 aliphatic carbocycles. The highest BCUT2D eigenvalue weighted by atomic mass is 16.5. The number of hydrogen-bond donors (Lipinski definition) is 1. The Labute approximate surface area is 153 Å². The fraction of sp³-hybridized carbons (Fsp3) is 0.238. The van der Waals surface area contributed by atoms with E-state index in [9.17, 15) is 0 Å². The Bertz CT molecular complexity index is 830. The Kier molecular flexibility index (Phi) is 4.96. The van der Waals surface area contributed by atoms with E-state index in [0.29, 0.717) is 6.61 Å². The van der Waals surface area contributed by atoms with Crippen molar-refractivity contribution in [3.8, 4) is 5.75 Å². The van der Waals surface area contributed by atoms with Crippen molar-refractivity contribution < 1.29 is 4.74 Å².